The van der Waals surface area contributed by atoms with Crippen LogP contribution in [0.1, 0.15) is 16.7 Å². The molecule has 63 heavy (non-hydrogen) atoms. The van der Waals surface area contributed by atoms with Gasteiger partial charge in [0.1, 0.15) is 41.0 Å². The molecule has 0 aromatic heterocycles. The number of hydrogen-bond donors (Lipinski definition) is 0. The van der Waals surface area contributed by atoms with Crippen LogP contribution >= 0.6 is 33.2 Å². The van der Waals surface area contributed by atoms with E-state index >= 15 is 26.3 Å². The van der Waals surface area contributed by atoms with E-state index in [0.717, 1.165) is 0 Å². The van der Waals surface area contributed by atoms with Crippen LogP contribution < -0.4 is 27.0 Å². The fourth-order valence-electron chi connectivity index (χ4n) is 7.21. The smallest absolute Gasteiger partial charge is 0.207 e. The summed E-state index contributed by atoms with van der Waals surface area (Å²) in [5, 5.41) is -0.372. The molecule has 0 saturated heterocycles. The maximum Gasteiger partial charge on any atom is 0.372 e. The zero-order chi connectivity index (χ0) is 46.3. The Labute approximate surface area is 362 Å². The quantitative estimate of drug-likeness (QED) is 0.0271. The third-order valence-electron chi connectivity index (χ3n) is 9.96. The lowest BCUT2D eigenvalue weighted by Crippen LogP contribution is -2.79. The van der Waals surface area contributed by atoms with Gasteiger partial charge in [-0.05, 0) is 78.0 Å². The second-order valence-electron chi connectivity index (χ2n) is 13.4. The minimum Gasteiger partial charge on any atom is -0.207 e. The average molecular weight is 966 g/mol. The summed E-state index contributed by atoms with van der Waals surface area (Å²) in [7, 11) is 0. The molecule has 7 aromatic rings. The Kier molecular flexibility index (Phi) is 13.7. The van der Waals surface area contributed by atoms with Gasteiger partial charge in [-0.3, -0.25) is 0 Å². The molecule has 0 radical (unpaired) electrons. The largest absolute Gasteiger partial charge is 0.372 e. The van der Waals surface area contributed by atoms with E-state index in [-0.39, 0.29) is 17.3 Å². The molecule has 0 spiro atoms. The molecular weight excluding hydrogens is 947 g/mol. The first kappa shape index (κ1) is 47.0. The van der Waals surface area contributed by atoms with Crippen LogP contribution in [0.5, 0.6) is 0 Å². The normalized spacial score (nSPS) is 11.7. The van der Waals surface area contributed by atoms with Gasteiger partial charge in [0.15, 0.2) is 52.4 Å². The molecule has 0 fully saturated rings. The van der Waals surface area contributed by atoms with Crippen LogP contribution in [0.3, 0.4) is 0 Å². The number of benzene rings is 7. The van der Waals surface area contributed by atoms with Crippen molar-refractivity contribution in [1.29, 1.82) is 0 Å². The highest BCUT2D eigenvalue weighted by atomic mass is 35.8. The molecule has 0 atom stereocenters. The predicted molar refractivity (Wildman–Crippen MR) is 212 cm³/mol. The maximum atomic E-state index is 15.5. The SMILES string of the molecule is Fc1c(F)c(F)c([B-](c2ccc([Si](Cl)(Cl)Cl)cc2)(c2c(F)c(F)c(F)c(F)c2F)c2c(F)c(F)c(F)c(F)c2F)c(F)c1F.c1ccc([C+](c2ccccc2)c2ccccc2)cc1. The van der Waals surface area contributed by atoms with Gasteiger partial charge >= 0.3 is 6.00 Å². The summed E-state index contributed by atoms with van der Waals surface area (Å²) >= 11 is 17.4. The number of rotatable bonds is 8. The van der Waals surface area contributed by atoms with Gasteiger partial charge in [-0.25, -0.2) is 65.9 Å². The fraction of sp³-hybridized carbons (Fsp3) is 0. The van der Waals surface area contributed by atoms with Gasteiger partial charge in [0.05, 0.1) is 22.6 Å². The summed E-state index contributed by atoms with van der Waals surface area (Å²) < 4.78 is 223. The van der Waals surface area contributed by atoms with Gasteiger partial charge in [0.2, 0.25) is 0 Å². The Morgan fingerprint density at radius 1 is 0.302 bits per heavy atom. The number of halogens is 18. The van der Waals surface area contributed by atoms with Crippen molar-refractivity contribution in [2.24, 2.45) is 0 Å². The molecular formula is C43H19BCl3F15Si. The average Bonchev–Trinajstić information content (AvgIpc) is 3.28. The Morgan fingerprint density at radius 3 is 0.746 bits per heavy atom. The molecule has 0 bridgehead atoms. The molecule has 0 saturated carbocycles. The highest BCUT2D eigenvalue weighted by Crippen LogP contribution is 2.31. The Bertz CT molecular complexity index is 2480. The molecule has 0 aliphatic rings. The molecule has 0 unspecified atom stereocenters. The van der Waals surface area contributed by atoms with E-state index in [1.54, 1.807) is 0 Å². The molecule has 0 nitrogen and oxygen atoms in total. The van der Waals surface area contributed by atoms with E-state index in [2.05, 4.69) is 91.0 Å². The van der Waals surface area contributed by atoms with E-state index in [9.17, 15) is 39.5 Å². The van der Waals surface area contributed by atoms with Crippen LogP contribution in [0.25, 0.3) is 0 Å². The summed E-state index contributed by atoms with van der Waals surface area (Å²) in [6.07, 6.45) is -5.89. The summed E-state index contributed by atoms with van der Waals surface area (Å²) in [4.78, 5) is 0. The molecule has 0 aliphatic heterocycles. The van der Waals surface area contributed by atoms with Crippen molar-refractivity contribution in [3.05, 3.63) is 225 Å². The van der Waals surface area contributed by atoms with E-state index in [1.165, 1.54) is 22.6 Å². The van der Waals surface area contributed by atoms with Gasteiger partial charge in [0, 0.05) is 0 Å². The van der Waals surface area contributed by atoms with Gasteiger partial charge in [0.25, 0.3) is 0 Å². The minimum atomic E-state index is -5.89. The fourth-order valence-corrected chi connectivity index (χ4v) is 8.89. The monoisotopic (exact) mass is 964 g/mol. The molecule has 7 rings (SSSR count). The number of hydrogen-bond acceptors (Lipinski definition) is 0. The predicted octanol–water partition coefficient (Wildman–Crippen LogP) is 10.7. The molecule has 324 valence electrons. The lowest BCUT2D eigenvalue weighted by Gasteiger charge is -2.44. The molecule has 0 aliphatic carbocycles. The van der Waals surface area contributed by atoms with Crippen molar-refractivity contribution in [3.8, 4) is 0 Å². The van der Waals surface area contributed by atoms with Crippen LogP contribution in [-0.2, 0) is 0 Å². The first-order valence-electron chi connectivity index (χ1n) is 17.6. The van der Waals surface area contributed by atoms with Gasteiger partial charge in [-0.15, -0.1) is 49.6 Å². The Hall–Kier alpha value is -5.49. The van der Waals surface area contributed by atoms with E-state index in [1.807, 2.05) is 0 Å². The topological polar surface area (TPSA) is 0 Å². The third kappa shape index (κ3) is 8.27. The van der Waals surface area contributed by atoms with Crippen LogP contribution in [0.2, 0.25) is 0 Å². The highest BCUT2D eigenvalue weighted by molar-refractivity contribution is 7.69. The summed E-state index contributed by atoms with van der Waals surface area (Å²) in [5.74, 6) is -45.1. The van der Waals surface area contributed by atoms with Crippen LogP contribution in [0, 0.1) is 93.2 Å². The lowest BCUT2D eigenvalue weighted by atomic mass is 9.12. The molecule has 0 heterocycles. The zero-order valence-electron chi connectivity index (χ0n) is 30.9. The lowest BCUT2D eigenvalue weighted by molar-refractivity contribution is 0.380. The van der Waals surface area contributed by atoms with Crippen molar-refractivity contribution >= 4 is 72.4 Å². The van der Waals surface area contributed by atoms with Gasteiger partial charge < -0.3 is 0 Å². The molecule has 0 N–H and O–H groups in total. The van der Waals surface area contributed by atoms with E-state index in [4.69, 9.17) is 33.2 Å². The Balaban J connectivity index is 0.000000287. The van der Waals surface area contributed by atoms with Crippen LogP contribution in [0.15, 0.2) is 115 Å². The Morgan fingerprint density at radius 2 is 0.524 bits per heavy atom. The van der Waals surface area contributed by atoms with E-state index < -0.39 is 121 Å². The summed E-state index contributed by atoms with van der Waals surface area (Å²) in [6.45, 7) is 0. The molecule has 7 aromatic carbocycles. The van der Waals surface area contributed by atoms with Crippen molar-refractivity contribution in [2.75, 3.05) is 0 Å². The van der Waals surface area contributed by atoms with Crippen molar-refractivity contribution in [1.82, 2.24) is 0 Å². The van der Waals surface area contributed by atoms with Gasteiger partial charge in [-0.1, -0.05) is 42.5 Å². The molecule has 0 amide bonds. The summed E-state index contributed by atoms with van der Waals surface area (Å²) in [6, 6.07) is 29.3. The second-order valence-corrected chi connectivity index (χ2v) is 21.8. The van der Waals surface area contributed by atoms with Crippen LogP contribution in [-0.4, -0.2) is 12.1 Å². The zero-order valence-corrected chi connectivity index (χ0v) is 34.1. The van der Waals surface area contributed by atoms with Gasteiger partial charge in [-0.2, -0.15) is 5.46 Å². The van der Waals surface area contributed by atoms with Crippen molar-refractivity contribution in [2.45, 2.75) is 0 Å². The maximum absolute atomic E-state index is 15.5. The third-order valence-corrected chi connectivity index (χ3v) is 12.9. The van der Waals surface area contributed by atoms with Crippen molar-refractivity contribution < 1.29 is 65.9 Å². The van der Waals surface area contributed by atoms with Crippen LogP contribution in [0.4, 0.5) is 65.9 Å². The minimum absolute atomic E-state index is 0.262. The summed E-state index contributed by atoms with van der Waals surface area (Å²) in [5.41, 5.74) is -6.06. The first-order chi connectivity index (χ1) is 29.7. The van der Waals surface area contributed by atoms with E-state index in [0.29, 0.717) is 12.1 Å². The standard InChI is InChI=1S/C24H4BCl3F15Si.C19H15/c26-44(27,28)6-3-1-5(2-4-6)25(7-10(29)16(35)22(41)17(36)11(7)30,8-12(31)18(37)23(42)19(38)13(8)32)9-14(33)20(39)24(43)21(40)15(9)34;1-4-10-16(11-5-1)19(17-12-6-2-7-13-17)18-14-8-3-9-15-18/h1-4H;1-15H/q-1;+1. The second kappa shape index (κ2) is 18.3. The first-order valence-corrected chi connectivity index (χ1v) is 22.6. The molecule has 20 heteroatoms. The highest BCUT2D eigenvalue weighted by Gasteiger charge is 2.49. The van der Waals surface area contributed by atoms with Crippen molar-refractivity contribution in [3.63, 3.8) is 0 Å².